The van der Waals surface area contributed by atoms with Crippen LogP contribution in [0.15, 0.2) is 36.5 Å². The number of aromatic nitrogens is 2. The quantitative estimate of drug-likeness (QED) is 0.572. The van der Waals surface area contributed by atoms with E-state index in [2.05, 4.69) is 9.88 Å². The van der Waals surface area contributed by atoms with Gasteiger partial charge in [-0.3, -0.25) is 0 Å². The lowest BCUT2D eigenvalue weighted by Crippen LogP contribution is -2.41. The van der Waals surface area contributed by atoms with Crippen molar-refractivity contribution >= 4 is 46.0 Å². The molecule has 1 spiro atoms. The van der Waals surface area contributed by atoms with E-state index < -0.39 is 5.41 Å². The predicted molar refractivity (Wildman–Crippen MR) is 109 cm³/mol. The van der Waals surface area contributed by atoms with Gasteiger partial charge >= 0.3 is 0 Å². The number of pyridine rings is 2. The second kappa shape index (κ2) is 5.79. The molecule has 0 fully saturated rings. The molecule has 0 bridgehead atoms. The van der Waals surface area contributed by atoms with E-state index in [4.69, 9.17) is 43.0 Å². The molecule has 0 saturated heterocycles. The Hall–Kier alpha value is -2.42. The van der Waals surface area contributed by atoms with Crippen molar-refractivity contribution in [1.82, 2.24) is 9.97 Å². The van der Waals surface area contributed by atoms with Gasteiger partial charge in [-0.05, 0) is 18.2 Å². The molecule has 9 heteroatoms. The van der Waals surface area contributed by atoms with Crippen LogP contribution in [0.25, 0.3) is 0 Å². The fourth-order valence-corrected chi connectivity index (χ4v) is 5.47. The third kappa shape index (κ3) is 2.10. The number of halogens is 1. The first-order valence-corrected chi connectivity index (χ1v) is 10.2. The third-order valence-corrected chi connectivity index (χ3v) is 7.02. The first-order chi connectivity index (χ1) is 13.7. The summed E-state index contributed by atoms with van der Waals surface area (Å²) in [6, 6.07) is 9.70. The van der Waals surface area contributed by atoms with Gasteiger partial charge in [0, 0.05) is 22.7 Å². The highest BCUT2D eigenvalue weighted by Gasteiger charge is 2.56. The van der Waals surface area contributed by atoms with Crippen LogP contribution >= 0.6 is 35.2 Å². The molecular weight excluding hydrogens is 418 g/mol. The van der Waals surface area contributed by atoms with Crippen molar-refractivity contribution in [3.05, 3.63) is 57.0 Å². The second-order valence-corrected chi connectivity index (χ2v) is 8.90. The third-order valence-electron chi connectivity index (χ3n) is 5.23. The Bertz CT molecular complexity index is 1150. The van der Waals surface area contributed by atoms with Crippen LogP contribution in [0.3, 0.4) is 0 Å². The van der Waals surface area contributed by atoms with E-state index in [1.807, 2.05) is 30.3 Å². The van der Waals surface area contributed by atoms with Gasteiger partial charge < -0.3 is 19.1 Å². The molecule has 6 nitrogen and oxygen atoms in total. The monoisotopic (exact) mass is 429 g/mol. The number of fused-ring (bicyclic) bond motifs is 5. The van der Waals surface area contributed by atoms with Gasteiger partial charge in [0.25, 0.3) is 5.88 Å². The number of thiocarbonyl (C=S) groups is 1. The number of ether oxygens (including phenoxy) is 3. The minimum absolute atomic E-state index is 0.159. The van der Waals surface area contributed by atoms with Gasteiger partial charge in [0.15, 0.2) is 5.75 Å². The second-order valence-electron chi connectivity index (χ2n) is 6.71. The molecule has 1 unspecified atom stereocenters. The highest BCUT2D eigenvalue weighted by atomic mass is 35.5. The number of hydrogen-bond acceptors (Lipinski definition) is 7. The lowest BCUT2D eigenvalue weighted by molar-refractivity contribution is 0.170. The van der Waals surface area contributed by atoms with Crippen LogP contribution in [0, 0.1) is 0 Å². The fraction of sp³-hybridized carbons (Fsp3) is 0.211. The van der Waals surface area contributed by atoms with Gasteiger partial charge in [-0.15, -0.1) is 11.3 Å². The van der Waals surface area contributed by atoms with E-state index in [-0.39, 0.29) is 6.79 Å². The molecular formula is C19H12ClN3O3S2. The lowest BCUT2D eigenvalue weighted by Gasteiger charge is -2.24. The van der Waals surface area contributed by atoms with Crippen molar-refractivity contribution in [1.29, 1.82) is 0 Å². The molecule has 3 aliphatic heterocycles. The van der Waals surface area contributed by atoms with Crippen LogP contribution in [0.5, 0.6) is 17.4 Å². The van der Waals surface area contributed by atoms with E-state index in [0.29, 0.717) is 30.5 Å². The Morgan fingerprint density at radius 1 is 1.21 bits per heavy atom. The molecule has 3 aromatic rings. The standard InChI is InChI=1S/C19H12ClN3O3S2/c20-14-4-3-10(28-14)7-23-16-11(2-1-5-21-16)19(18(23)27)8-24-12-6-13-17(22-15(12)19)26-9-25-13/h1-6H,7-9H2. The van der Waals surface area contributed by atoms with E-state index in [1.54, 1.807) is 6.20 Å². The number of thiophene rings is 1. The van der Waals surface area contributed by atoms with Crippen LogP contribution < -0.4 is 19.1 Å². The summed E-state index contributed by atoms with van der Waals surface area (Å²) < 4.78 is 17.7. The van der Waals surface area contributed by atoms with Crippen LogP contribution in [0.4, 0.5) is 5.82 Å². The summed E-state index contributed by atoms with van der Waals surface area (Å²) in [5.41, 5.74) is 1.08. The van der Waals surface area contributed by atoms with Crippen molar-refractivity contribution in [3.63, 3.8) is 0 Å². The van der Waals surface area contributed by atoms with Crippen molar-refractivity contribution in [3.8, 4) is 17.4 Å². The summed E-state index contributed by atoms with van der Waals surface area (Å²) in [6.45, 7) is 1.13. The highest BCUT2D eigenvalue weighted by molar-refractivity contribution is 7.80. The molecule has 0 N–H and O–H groups in total. The van der Waals surface area contributed by atoms with Crippen molar-refractivity contribution in [2.45, 2.75) is 12.0 Å². The predicted octanol–water partition coefficient (Wildman–Crippen LogP) is 3.95. The molecule has 140 valence electrons. The van der Waals surface area contributed by atoms with E-state index in [1.165, 1.54) is 11.3 Å². The summed E-state index contributed by atoms with van der Waals surface area (Å²) in [7, 11) is 0. The Morgan fingerprint density at radius 2 is 2.14 bits per heavy atom. The Labute approximate surface area is 174 Å². The zero-order chi connectivity index (χ0) is 18.9. The topological polar surface area (TPSA) is 56.7 Å². The average molecular weight is 430 g/mol. The van der Waals surface area contributed by atoms with Crippen LogP contribution in [-0.4, -0.2) is 28.4 Å². The first kappa shape index (κ1) is 16.5. The largest absolute Gasteiger partial charge is 0.490 e. The fourth-order valence-electron chi connectivity index (χ4n) is 3.98. The smallest absolute Gasteiger partial charge is 0.260 e. The van der Waals surface area contributed by atoms with E-state index in [9.17, 15) is 0 Å². The molecule has 6 heterocycles. The Balaban J connectivity index is 1.51. The van der Waals surface area contributed by atoms with Crippen LogP contribution in [0.2, 0.25) is 4.34 Å². The zero-order valence-electron chi connectivity index (χ0n) is 14.3. The Morgan fingerprint density at radius 3 is 3.00 bits per heavy atom. The van der Waals surface area contributed by atoms with Gasteiger partial charge in [-0.25, -0.2) is 9.97 Å². The zero-order valence-corrected chi connectivity index (χ0v) is 16.7. The highest BCUT2D eigenvalue weighted by Crippen LogP contribution is 2.53. The molecule has 3 aromatic heterocycles. The van der Waals surface area contributed by atoms with Gasteiger partial charge in [-0.2, -0.15) is 0 Å². The van der Waals surface area contributed by atoms with E-state index in [0.717, 1.165) is 31.3 Å². The van der Waals surface area contributed by atoms with Gasteiger partial charge in [-0.1, -0.05) is 29.9 Å². The maximum Gasteiger partial charge on any atom is 0.260 e. The summed E-state index contributed by atoms with van der Waals surface area (Å²) >= 11 is 13.7. The molecule has 1 atom stereocenters. The molecule has 0 aromatic carbocycles. The number of anilines is 1. The first-order valence-electron chi connectivity index (χ1n) is 8.62. The molecule has 0 amide bonds. The van der Waals surface area contributed by atoms with Crippen molar-refractivity contribution < 1.29 is 14.2 Å². The number of rotatable bonds is 2. The summed E-state index contributed by atoms with van der Waals surface area (Å²) in [5, 5.41) is 0. The number of nitrogens with zero attached hydrogens (tertiary/aromatic N) is 3. The maximum absolute atomic E-state index is 6.12. The molecule has 6 rings (SSSR count). The molecule has 0 saturated carbocycles. The SMILES string of the molecule is S=C1N(Cc2ccc(Cl)s2)c2ncccc2C12COc1cc3c(nc12)OCO3. The van der Waals surface area contributed by atoms with E-state index >= 15 is 0 Å². The summed E-state index contributed by atoms with van der Waals surface area (Å²) in [6.07, 6.45) is 1.78. The van der Waals surface area contributed by atoms with Gasteiger partial charge in [0.05, 0.1) is 10.9 Å². The lowest BCUT2D eigenvalue weighted by atomic mass is 9.81. The molecule has 28 heavy (non-hydrogen) atoms. The molecule has 0 aliphatic carbocycles. The van der Waals surface area contributed by atoms with Crippen LogP contribution in [0.1, 0.15) is 16.1 Å². The van der Waals surface area contributed by atoms with Gasteiger partial charge in [0.1, 0.15) is 34.3 Å². The van der Waals surface area contributed by atoms with Crippen LogP contribution in [-0.2, 0) is 12.0 Å². The maximum atomic E-state index is 6.12. The summed E-state index contributed by atoms with van der Waals surface area (Å²) in [4.78, 5) is 13.2. The van der Waals surface area contributed by atoms with Crippen molar-refractivity contribution in [2.75, 3.05) is 18.3 Å². The minimum Gasteiger partial charge on any atom is -0.490 e. The molecule has 0 radical (unpaired) electrons. The minimum atomic E-state index is -0.670. The normalized spacial score (nSPS) is 21.2. The molecule has 3 aliphatic rings. The number of hydrogen-bond donors (Lipinski definition) is 0. The Kier molecular flexibility index (Phi) is 3.42. The summed E-state index contributed by atoms with van der Waals surface area (Å²) in [5.74, 6) is 2.56. The average Bonchev–Trinajstić information content (AvgIpc) is 3.45. The van der Waals surface area contributed by atoms with Crippen molar-refractivity contribution in [2.24, 2.45) is 0 Å². The van der Waals surface area contributed by atoms with Gasteiger partial charge in [0.2, 0.25) is 6.79 Å².